The Bertz CT molecular complexity index is 739. The molecule has 4 atom stereocenters. The second-order valence-electron chi connectivity index (χ2n) is 7.44. The van der Waals surface area contributed by atoms with E-state index in [0.717, 1.165) is 32.2 Å². The summed E-state index contributed by atoms with van der Waals surface area (Å²) >= 11 is 1.81. The Balaban J connectivity index is 1.33. The number of piperidine rings is 1. The summed E-state index contributed by atoms with van der Waals surface area (Å²) < 4.78 is 2.25. The highest BCUT2D eigenvalue weighted by Crippen LogP contribution is 2.46. The summed E-state index contributed by atoms with van der Waals surface area (Å²) in [5.74, 6) is 0.410. The molecular weight excluding hydrogens is 318 g/mol. The third-order valence-electron chi connectivity index (χ3n) is 6.21. The molecule has 24 heavy (non-hydrogen) atoms. The zero-order valence-electron chi connectivity index (χ0n) is 13.8. The van der Waals surface area contributed by atoms with Crippen LogP contribution in [0.5, 0.6) is 0 Å². The van der Waals surface area contributed by atoms with Crippen molar-refractivity contribution in [2.24, 2.45) is 5.92 Å². The van der Waals surface area contributed by atoms with Gasteiger partial charge in [0.05, 0.1) is 30.4 Å². The van der Waals surface area contributed by atoms with E-state index in [4.69, 9.17) is 0 Å². The summed E-state index contributed by atoms with van der Waals surface area (Å²) in [5, 5.41) is 13.1. The van der Waals surface area contributed by atoms with Gasteiger partial charge in [-0.1, -0.05) is 6.58 Å². The molecule has 0 bridgehead atoms. The Morgan fingerprint density at radius 3 is 3.25 bits per heavy atom. The number of hydrogen-bond acceptors (Lipinski definition) is 4. The van der Waals surface area contributed by atoms with Gasteiger partial charge in [0.15, 0.2) is 0 Å². The summed E-state index contributed by atoms with van der Waals surface area (Å²) in [5.41, 5.74) is 3.80. The Morgan fingerprint density at radius 2 is 2.33 bits per heavy atom. The van der Waals surface area contributed by atoms with E-state index < -0.39 is 0 Å². The maximum Gasteiger partial charge on any atom is 0.0957 e. The third kappa shape index (κ3) is 2.11. The lowest BCUT2D eigenvalue weighted by Crippen LogP contribution is -2.41. The molecule has 0 aromatic carbocycles. The summed E-state index contributed by atoms with van der Waals surface area (Å²) in [4.78, 5) is 8.18. The van der Waals surface area contributed by atoms with Crippen LogP contribution in [0.15, 0.2) is 36.2 Å². The normalized spacial score (nSPS) is 29.5. The van der Waals surface area contributed by atoms with Crippen molar-refractivity contribution < 1.29 is 5.11 Å². The van der Waals surface area contributed by atoms with Crippen LogP contribution in [0.25, 0.3) is 11.3 Å². The van der Waals surface area contributed by atoms with Crippen LogP contribution < -0.4 is 0 Å². The van der Waals surface area contributed by atoms with Gasteiger partial charge in [-0.2, -0.15) is 0 Å². The summed E-state index contributed by atoms with van der Waals surface area (Å²) in [6, 6.07) is 3.04. The fourth-order valence-electron chi connectivity index (χ4n) is 4.92. The number of aliphatic hydroxyl groups excluding tert-OH is 1. The zero-order chi connectivity index (χ0) is 16.3. The van der Waals surface area contributed by atoms with Crippen molar-refractivity contribution in [3.63, 3.8) is 0 Å². The number of hydrogen-bond donors (Lipinski definition) is 1. The first kappa shape index (κ1) is 14.7. The van der Waals surface area contributed by atoms with E-state index in [1.807, 2.05) is 12.5 Å². The molecule has 3 aliphatic rings. The van der Waals surface area contributed by atoms with Gasteiger partial charge < -0.3 is 14.6 Å². The average molecular weight is 341 g/mol. The van der Waals surface area contributed by atoms with Gasteiger partial charge in [0, 0.05) is 28.7 Å². The number of thiophene rings is 1. The first-order valence-corrected chi connectivity index (χ1v) is 9.82. The van der Waals surface area contributed by atoms with Gasteiger partial charge in [0.2, 0.25) is 0 Å². The molecule has 4 nitrogen and oxygen atoms in total. The predicted octanol–water partition coefficient (Wildman–Crippen LogP) is 3.65. The largest absolute Gasteiger partial charge is 0.393 e. The molecule has 2 fully saturated rings. The Labute approximate surface area is 146 Å². The van der Waals surface area contributed by atoms with Crippen LogP contribution in [0, 0.1) is 5.92 Å². The van der Waals surface area contributed by atoms with Crippen molar-refractivity contribution in [3.8, 4) is 11.3 Å². The van der Waals surface area contributed by atoms with Gasteiger partial charge >= 0.3 is 0 Å². The van der Waals surface area contributed by atoms with Crippen molar-refractivity contribution in [1.82, 2.24) is 14.5 Å². The smallest absolute Gasteiger partial charge is 0.0957 e. The Kier molecular flexibility index (Phi) is 3.35. The molecule has 0 radical (unpaired) electrons. The van der Waals surface area contributed by atoms with E-state index in [1.54, 1.807) is 11.3 Å². The first-order valence-electron chi connectivity index (χ1n) is 8.94. The van der Waals surface area contributed by atoms with Crippen LogP contribution in [0.2, 0.25) is 0 Å². The van der Waals surface area contributed by atoms with E-state index >= 15 is 0 Å². The predicted molar refractivity (Wildman–Crippen MR) is 95.9 cm³/mol. The SMILES string of the molecule is C=C1CC[C@@H]2C[C@@H]([C@@H](O)C[C@H]3c4sccc4-c4cncn43)CCN12. The van der Waals surface area contributed by atoms with Gasteiger partial charge in [-0.25, -0.2) is 4.98 Å². The lowest BCUT2D eigenvalue weighted by molar-refractivity contribution is 0.0404. The fourth-order valence-corrected chi connectivity index (χ4v) is 5.94. The molecule has 1 N–H and O–H groups in total. The van der Waals surface area contributed by atoms with Crippen molar-refractivity contribution >= 4 is 11.3 Å². The standard InChI is InChI=1S/C19H23N3OS/c1-12-2-3-14-8-13(4-6-21(12)14)18(23)9-16-19-15(5-7-24-19)17-10-20-11-22(16)17/h5,7,10-11,13-14,16,18,23H,1-4,6,8-9H2/t13-,14+,16-,18-/m0/s1. The van der Waals surface area contributed by atoms with Crippen LogP contribution >= 0.6 is 11.3 Å². The highest BCUT2D eigenvalue weighted by atomic mass is 32.1. The average Bonchev–Trinajstić information content (AvgIpc) is 3.33. The molecule has 0 saturated carbocycles. The van der Waals surface area contributed by atoms with Crippen LogP contribution in [0.1, 0.15) is 43.0 Å². The van der Waals surface area contributed by atoms with E-state index in [0.29, 0.717) is 12.0 Å². The Hall–Kier alpha value is -1.59. The van der Waals surface area contributed by atoms with Crippen molar-refractivity contribution in [3.05, 3.63) is 41.1 Å². The fraction of sp³-hybridized carbons (Fsp3) is 0.526. The number of allylic oxidation sites excluding steroid dienone is 1. The van der Waals surface area contributed by atoms with Crippen molar-refractivity contribution in [2.75, 3.05) is 6.54 Å². The highest BCUT2D eigenvalue weighted by Gasteiger charge is 2.38. The van der Waals surface area contributed by atoms with E-state index in [1.165, 1.54) is 28.3 Å². The summed E-state index contributed by atoms with van der Waals surface area (Å²) in [7, 11) is 0. The highest BCUT2D eigenvalue weighted by molar-refractivity contribution is 7.10. The van der Waals surface area contributed by atoms with Gasteiger partial charge in [-0.3, -0.25) is 0 Å². The second-order valence-corrected chi connectivity index (χ2v) is 8.39. The second kappa shape index (κ2) is 5.46. The first-order chi connectivity index (χ1) is 11.7. The molecule has 0 aliphatic carbocycles. The van der Waals surface area contributed by atoms with E-state index in [9.17, 15) is 5.11 Å². The summed E-state index contributed by atoms with van der Waals surface area (Å²) in [6.07, 6.45) is 8.96. The molecule has 0 spiro atoms. The van der Waals surface area contributed by atoms with Crippen molar-refractivity contribution in [1.29, 1.82) is 0 Å². The quantitative estimate of drug-likeness (QED) is 0.926. The van der Waals surface area contributed by atoms with E-state index in [-0.39, 0.29) is 12.1 Å². The lowest BCUT2D eigenvalue weighted by atomic mass is 9.84. The van der Waals surface area contributed by atoms with Gasteiger partial charge in [0.25, 0.3) is 0 Å². The molecule has 3 aliphatic heterocycles. The molecule has 2 saturated heterocycles. The third-order valence-corrected chi connectivity index (χ3v) is 7.23. The van der Waals surface area contributed by atoms with Crippen LogP contribution in [0.3, 0.4) is 0 Å². The molecule has 5 heterocycles. The molecule has 126 valence electrons. The zero-order valence-corrected chi connectivity index (χ0v) is 14.6. The minimum atomic E-state index is -0.241. The molecule has 5 rings (SSSR count). The molecular formula is C19H23N3OS. The number of fused-ring (bicyclic) bond motifs is 4. The number of rotatable bonds is 3. The maximum absolute atomic E-state index is 11.0. The number of aliphatic hydroxyl groups is 1. The van der Waals surface area contributed by atoms with Gasteiger partial charge in [-0.15, -0.1) is 11.3 Å². The van der Waals surface area contributed by atoms with E-state index in [2.05, 4.69) is 32.5 Å². The number of aromatic nitrogens is 2. The van der Waals surface area contributed by atoms with Crippen LogP contribution in [-0.2, 0) is 0 Å². The summed E-state index contributed by atoms with van der Waals surface area (Å²) in [6.45, 7) is 5.25. The van der Waals surface area contributed by atoms with Crippen molar-refractivity contribution in [2.45, 2.75) is 50.3 Å². The lowest BCUT2D eigenvalue weighted by Gasteiger charge is -2.39. The number of imidazole rings is 1. The molecule has 0 amide bonds. The molecule has 2 aromatic rings. The number of nitrogens with zero attached hydrogens (tertiary/aromatic N) is 3. The minimum absolute atomic E-state index is 0.241. The minimum Gasteiger partial charge on any atom is -0.393 e. The monoisotopic (exact) mass is 341 g/mol. The molecule has 5 heteroatoms. The molecule has 0 unspecified atom stereocenters. The molecule has 2 aromatic heterocycles. The van der Waals surface area contributed by atoms with Crippen LogP contribution in [0.4, 0.5) is 0 Å². The topological polar surface area (TPSA) is 41.3 Å². The van der Waals surface area contributed by atoms with Gasteiger partial charge in [0.1, 0.15) is 0 Å². The maximum atomic E-state index is 11.0. The Morgan fingerprint density at radius 1 is 1.42 bits per heavy atom. The van der Waals surface area contributed by atoms with Gasteiger partial charge in [-0.05, 0) is 49.5 Å². The van der Waals surface area contributed by atoms with Crippen LogP contribution in [-0.4, -0.2) is 38.2 Å².